The summed E-state index contributed by atoms with van der Waals surface area (Å²) >= 11 is 6.17. The molecule has 0 bridgehead atoms. The average molecular weight is 526 g/mol. The molecule has 1 aliphatic rings. The summed E-state index contributed by atoms with van der Waals surface area (Å²) in [4.78, 5) is 25.8. The van der Waals surface area contributed by atoms with Crippen molar-refractivity contribution in [2.24, 2.45) is 17.0 Å². The first-order valence-corrected chi connectivity index (χ1v) is 13.7. The van der Waals surface area contributed by atoms with E-state index in [2.05, 4.69) is 10.6 Å². The number of rotatable bonds is 8. The second-order valence-electron chi connectivity index (χ2n) is 8.91. The van der Waals surface area contributed by atoms with Gasteiger partial charge < -0.3 is 10.6 Å². The summed E-state index contributed by atoms with van der Waals surface area (Å²) < 4.78 is 23.8. The fourth-order valence-electron chi connectivity index (χ4n) is 4.62. The maximum atomic E-state index is 12.9. The minimum Gasteiger partial charge on any atom is -0.352 e. The minimum absolute atomic E-state index is 0.0612. The first kappa shape index (κ1) is 25.9. The van der Waals surface area contributed by atoms with E-state index in [9.17, 15) is 18.0 Å². The lowest BCUT2D eigenvalue weighted by Gasteiger charge is -2.19. The monoisotopic (exact) mass is 525 g/mol. The van der Waals surface area contributed by atoms with Crippen LogP contribution in [0.2, 0.25) is 5.02 Å². The van der Waals surface area contributed by atoms with Crippen LogP contribution in [0.4, 0.5) is 0 Å². The Kier molecular flexibility index (Phi) is 8.08. The number of nitrogens with one attached hydrogen (secondary N) is 2. The largest absolute Gasteiger partial charge is 0.352 e. The molecule has 4 rings (SSSR count). The number of nitrogens with two attached hydrogens (primary N) is 1. The Morgan fingerprint density at radius 2 is 1.42 bits per heavy atom. The highest BCUT2D eigenvalue weighted by Crippen LogP contribution is 2.32. The molecular weight excluding hydrogens is 498 g/mol. The van der Waals surface area contributed by atoms with Crippen molar-refractivity contribution in [1.29, 1.82) is 0 Å². The third-order valence-corrected chi connectivity index (χ3v) is 7.86. The van der Waals surface area contributed by atoms with Gasteiger partial charge in [0.05, 0.1) is 4.90 Å². The summed E-state index contributed by atoms with van der Waals surface area (Å²) in [6.07, 6.45) is 2.16. The highest BCUT2D eigenvalue weighted by molar-refractivity contribution is 7.89. The molecule has 4 N–H and O–H groups in total. The molecule has 2 atom stereocenters. The van der Waals surface area contributed by atoms with Crippen LogP contribution in [0.5, 0.6) is 0 Å². The molecule has 0 aromatic heterocycles. The molecule has 0 aliphatic heterocycles. The molecule has 3 aromatic carbocycles. The van der Waals surface area contributed by atoms with Gasteiger partial charge in [0, 0.05) is 35.5 Å². The van der Waals surface area contributed by atoms with E-state index < -0.39 is 10.0 Å². The fraction of sp³-hybridized carbons (Fsp3) is 0.259. The number of halogens is 1. The Morgan fingerprint density at radius 3 is 2.06 bits per heavy atom. The summed E-state index contributed by atoms with van der Waals surface area (Å²) in [6, 6.07) is 21.2. The molecule has 1 aliphatic carbocycles. The van der Waals surface area contributed by atoms with Crippen LogP contribution in [0.25, 0.3) is 11.1 Å². The van der Waals surface area contributed by atoms with Gasteiger partial charge in [-0.3, -0.25) is 9.59 Å². The minimum atomic E-state index is -3.85. The number of hydrogen-bond donors (Lipinski definition) is 3. The van der Waals surface area contributed by atoms with Gasteiger partial charge in [0.15, 0.2) is 0 Å². The van der Waals surface area contributed by atoms with Gasteiger partial charge in [-0.25, -0.2) is 13.6 Å². The average Bonchev–Trinajstić information content (AvgIpc) is 3.37. The molecule has 188 valence electrons. The Hall–Kier alpha value is -3.20. The lowest BCUT2D eigenvalue weighted by Crippen LogP contribution is -2.39. The molecule has 1 saturated carbocycles. The van der Waals surface area contributed by atoms with E-state index in [0.29, 0.717) is 42.1 Å². The Morgan fingerprint density at radius 1 is 0.833 bits per heavy atom. The van der Waals surface area contributed by atoms with Crippen molar-refractivity contribution in [3.63, 3.8) is 0 Å². The molecule has 36 heavy (non-hydrogen) atoms. The number of benzene rings is 3. The quantitative estimate of drug-likeness (QED) is 0.412. The maximum absolute atomic E-state index is 12.9. The van der Waals surface area contributed by atoms with E-state index >= 15 is 0 Å². The third kappa shape index (κ3) is 6.13. The number of carbonyl (C=O) groups is 2. The number of carbonyl (C=O) groups excluding carboxylic acids is 2. The maximum Gasteiger partial charge on any atom is 0.238 e. The standard InChI is InChI=1S/C27H28ClN3O4S/c28-24-10-3-1-6-20(24)17-31-27(33)23-9-5-8-22(23)26(32)30-16-18-12-14-19(15-13-18)21-7-2-4-11-25(21)36(29,34)35/h1-4,6-7,10-15,22-23H,5,8-9,16-17H2,(H,30,32)(H,31,33)(H2,29,34,35)/t22-,23-/m1/s1. The van der Waals surface area contributed by atoms with Crippen molar-refractivity contribution in [1.82, 2.24) is 10.6 Å². The molecule has 0 unspecified atom stereocenters. The van der Waals surface area contributed by atoms with Crippen LogP contribution in [0.1, 0.15) is 30.4 Å². The normalized spacial score (nSPS) is 17.5. The van der Waals surface area contributed by atoms with Crippen LogP contribution in [0, 0.1) is 11.8 Å². The fourth-order valence-corrected chi connectivity index (χ4v) is 5.58. The summed E-state index contributed by atoms with van der Waals surface area (Å²) in [5.41, 5.74) is 2.92. The highest BCUT2D eigenvalue weighted by Gasteiger charge is 2.37. The predicted molar refractivity (Wildman–Crippen MR) is 139 cm³/mol. The molecule has 9 heteroatoms. The zero-order valence-corrected chi connectivity index (χ0v) is 21.2. The molecule has 0 heterocycles. The van der Waals surface area contributed by atoms with E-state index in [4.69, 9.17) is 16.7 Å². The molecule has 7 nitrogen and oxygen atoms in total. The number of hydrogen-bond acceptors (Lipinski definition) is 4. The molecular formula is C27H28ClN3O4S. The van der Waals surface area contributed by atoms with Gasteiger partial charge in [0.25, 0.3) is 0 Å². The van der Waals surface area contributed by atoms with Gasteiger partial charge in [0.2, 0.25) is 21.8 Å². The van der Waals surface area contributed by atoms with Crippen molar-refractivity contribution < 1.29 is 18.0 Å². The van der Waals surface area contributed by atoms with E-state index in [-0.39, 0.29) is 28.5 Å². The topological polar surface area (TPSA) is 118 Å². The Bertz CT molecular complexity index is 1360. The molecule has 2 amide bonds. The summed E-state index contributed by atoms with van der Waals surface area (Å²) in [6.45, 7) is 0.630. The van der Waals surface area contributed by atoms with Gasteiger partial charge >= 0.3 is 0 Å². The van der Waals surface area contributed by atoms with Crippen LogP contribution < -0.4 is 15.8 Å². The van der Waals surface area contributed by atoms with Gasteiger partial charge in [-0.2, -0.15) is 0 Å². The van der Waals surface area contributed by atoms with E-state index in [1.165, 1.54) is 6.07 Å². The summed E-state index contributed by atoms with van der Waals surface area (Å²) in [7, 11) is -3.85. The van der Waals surface area contributed by atoms with Gasteiger partial charge in [-0.15, -0.1) is 0 Å². The number of amides is 2. The Labute approximate surface area is 216 Å². The molecule has 0 radical (unpaired) electrons. The third-order valence-electron chi connectivity index (χ3n) is 6.53. The van der Waals surface area contributed by atoms with Gasteiger partial charge in [-0.05, 0) is 41.7 Å². The van der Waals surface area contributed by atoms with Gasteiger partial charge in [-0.1, -0.05) is 78.7 Å². The van der Waals surface area contributed by atoms with Crippen LogP contribution in [0.3, 0.4) is 0 Å². The zero-order chi connectivity index (χ0) is 25.7. The van der Waals surface area contributed by atoms with Crippen molar-refractivity contribution in [2.75, 3.05) is 0 Å². The van der Waals surface area contributed by atoms with E-state index in [1.807, 2.05) is 30.3 Å². The summed E-state index contributed by atoms with van der Waals surface area (Å²) in [5.74, 6) is -1.03. The van der Waals surface area contributed by atoms with E-state index in [1.54, 1.807) is 36.4 Å². The van der Waals surface area contributed by atoms with Crippen molar-refractivity contribution >= 4 is 33.4 Å². The van der Waals surface area contributed by atoms with Crippen molar-refractivity contribution in [2.45, 2.75) is 37.2 Å². The van der Waals surface area contributed by atoms with Crippen molar-refractivity contribution in [3.8, 4) is 11.1 Å². The lowest BCUT2D eigenvalue weighted by molar-refractivity contribution is -0.133. The zero-order valence-electron chi connectivity index (χ0n) is 19.6. The lowest BCUT2D eigenvalue weighted by atomic mass is 9.94. The molecule has 1 fully saturated rings. The van der Waals surface area contributed by atoms with Crippen molar-refractivity contribution in [3.05, 3.63) is 88.9 Å². The predicted octanol–water partition coefficient (Wildman–Crippen LogP) is 4.00. The van der Waals surface area contributed by atoms with Gasteiger partial charge in [0.1, 0.15) is 0 Å². The second kappa shape index (κ2) is 11.2. The first-order chi connectivity index (χ1) is 17.2. The summed E-state index contributed by atoms with van der Waals surface area (Å²) in [5, 5.41) is 11.8. The number of sulfonamides is 1. The van der Waals surface area contributed by atoms with Crippen LogP contribution in [0.15, 0.2) is 77.7 Å². The molecule has 0 spiro atoms. The Balaban J connectivity index is 1.35. The molecule has 3 aromatic rings. The van der Waals surface area contributed by atoms with E-state index in [0.717, 1.165) is 17.5 Å². The first-order valence-electron chi connectivity index (χ1n) is 11.7. The molecule has 0 saturated heterocycles. The second-order valence-corrected chi connectivity index (χ2v) is 10.8. The number of primary sulfonamides is 1. The van der Waals surface area contributed by atoms with Crippen LogP contribution in [-0.2, 0) is 32.7 Å². The highest BCUT2D eigenvalue weighted by atomic mass is 35.5. The smallest absolute Gasteiger partial charge is 0.238 e. The van der Waals surface area contributed by atoms with Crippen LogP contribution >= 0.6 is 11.6 Å². The SMILES string of the molecule is NS(=O)(=O)c1ccccc1-c1ccc(CNC(=O)[C@@H]2CCC[C@H]2C(=O)NCc2ccccc2Cl)cc1. The van der Waals surface area contributed by atoms with Crippen LogP contribution in [-0.4, -0.2) is 20.2 Å².